The summed E-state index contributed by atoms with van der Waals surface area (Å²) < 4.78 is 5.17. The molecular weight excluding hydrogens is 204 g/mol. The Kier molecular flexibility index (Phi) is 4.59. The highest BCUT2D eigenvalue weighted by molar-refractivity contribution is 5.67. The number of hydrogen-bond acceptors (Lipinski definition) is 3. The number of alkyl carbamates (subject to hydrolysis) is 1. The first-order valence-electron chi connectivity index (χ1n) is 6.11. The van der Waals surface area contributed by atoms with E-state index >= 15 is 0 Å². The number of hydrogen-bond donors (Lipinski definition) is 2. The van der Waals surface area contributed by atoms with Gasteiger partial charge in [-0.2, -0.15) is 0 Å². The minimum atomic E-state index is -0.432. The summed E-state index contributed by atoms with van der Waals surface area (Å²) in [6, 6.07) is 0.226. The number of rotatable bonds is 2. The molecule has 0 bridgehead atoms. The van der Waals surface area contributed by atoms with E-state index in [0.29, 0.717) is 12.5 Å². The van der Waals surface area contributed by atoms with Crippen LogP contribution in [0.25, 0.3) is 0 Å². The van der Waals surface area contributed by atoms with Crippen LogP contribution in [0.15, 0.2) is 0 Å². The Labute approximate surface area is 97.9 Å². The van der Waals surface area contributed by atoms with Crippen molar-refractivity contribution < 1.29 is 9.53 Å². The molecular formula is C12H24N2O2. The van der Waals surface area contributed by atoms with Crippen molar-refractivity contribution in [3.8, 4) is 0 Å². The van der Waals surface area contributed by atoms with Crippen molar-refractivity contribution in [1.29, 1.82) is 0 Å². The highest BCUT2D eigenvalue weighted by Gasteiger charge is 2.23. The Morgan fingerprint density at radius 3 is 2.56 bits per heavy atom. The Hall–Kier alpha value is -0.770. The van der Waals surface area contributed by atoms with Crippen LogP contribution in [0.3, 0.4) is 0 Å². The summed E-state index contributed by atoms with van der Waals surface area (Å²) in [5, 5.41) is 2.80. The van der Waals surface area contributed by atoms with E-state index in [1.54, 1.807) is 0 Å². The quantitative estimate of drug-likeness (QED) is 0.760. The van der Waals surface area contributed by atoms with Crippen LogP contribution in [0.5, 0.6) is 0 Å². The average Bonchev–Trinajstić information content (AvgIpc) is 2.14. The summed E-state index contributed by atoms with van der Waals surface area (Å²) in [6.45, 7) is 6.22. The molecule has 0 radical (unpaired) electrons. The van der Waals surface area contributed by atoms with Crippen molar-refractivity contribution in [3.05, 3.63) is 0 Å². The fourth-order valence-corrected chi connectivity index (χ4v) is 2.02. The molecule has 4 nitrogen and oxygen atoms in total. The van der Waals surface area contributed by atoms with Gasteiger partial charge in [0.05, 0.1) is 0 Å². The molecule has 0 aromatic rings. The average molecular weight is 228 g/mol. The molecule has 1 fully saturated rings. The number of carbonyl (C=O) groups excluding carboxylic acids is 1. The molecule has 4 heteroatoms. The van der Waals surface area contributed by atoms with Gasteiger partial charge in [0, 0.05) is 12.6 Å². The van der Waals surface area contributed by atoms with E-state index in [1.807, 2.05) is 20.8 Å². The first-order chi connectivity index (χ1) is 7.38. The van der Waals surface area contributed by atoms with Gasteiger partial charge in [-0.25, -0.2) is 4.79 Å². The van der Waals surface area contributed by atoms with E-state index in [-0.39, 0.29) is 12.1 Å². The molecule has 2 atom stereocenters. The summed E-state index contributed by atoms with van der Waals surface area (Å²) in [6.07, 6.45) is 4.26. The van der Waals surface area contributed by atoms with Crippen LogP contribution in [-0.4, -0.2) is 24.3 Å². The van der Waals surface area contributed by atoms with Crippen LogP contribution < -0.4 is 11.1 Å². The van der Waals surface area contributed by atoms with Gasteiger partial charge >= 0.3 is 6.09 Å². The van der Waals surface area contributed by atoms with E-state index < -0.39 is 5.60 Å². The van der Waals surface area contributed by atoms with Crippen molar-refractivity contribution in [3.63, 3.8) is 0 Å². The standard InChI is InChI=1S/C12H24N2O2/c1-12(2,3)16-11(15)14-8-9-6-4-5-7-10(9)13/h9-10H,4-8,13H2,1-3H3,(H,14,15)/t9-,10+/m1/s1. The number of nitrogens with two attached hydrogens (primary N) is 1. The second kappa shape index (κ2) is 5.53. The maximum atomic E-state index is 11.4. The van der Waals surface area contributed by atoms with Crippen LogP contribution in [0.4, 0.5) is 4.79 Å². The Balaban J connectivity index is 2.25. The fourth-order valence-electron chi connectivity index (χ4n) is 2.02. The monoisotopic (exact) mass is 228 g/mol. The van der Waals surface area contributed by atoms with Crippen LogP contribution >= 0.6 is 0 Å². The molecule has 3 N–H and O–H groups in total. The molecule has 0 aromatic heterocycles. The first kappa shape index (κ1) is 13.3. The van der Waals surface area contributed by atoms with Crippen LogP contribution in [-0.2, 0) is 4.74 Å². The summed E-state index contributed by atoms with van der Waals surface area (Å²) in [5.41, 5.74) is 5.57. The van der Waals surface area contributed by atoms with Crippen molar-refractivity contribution >= 4 is 6.09 Å². The molecule has 1 aliphatic carbocycles. The fraction of sp³-hybridized carbons (Fsp3) is 0.917. The highest BCUT2D eigenvalue weighted by atomic mass is 16.6. The van der Waals surface area contributed by atoms with Gasteiger partial charge in [-0.1, -0.05) is 12.8 Å². The normalized spacial score (nSPS) is 26.2. The van der Waals surface area contributed by atoms with Gasteiger partial charge in [0.25, 0.3) is 0 Å². The lowest BCUT2D eigenvalue weighted by Gasteiger charge is -2.29. The van der Waals surface area contributed by atoms with Gasteiger partial charge in [-0.15, -0.1) is 0 Å². The van der Waals surface area contributed by atoms with Crippen LogP contribution in [0, 0.1) is 5.92 Å². The van der Waals surface area contributed by atoms with Gasteiger partial charge in [0.15, 0.2) is 0 Å². The minimum absolute atomic E-state index is 0.226. The third-order valence-electron chi connectivity index (χ3n) is 2.88. The number of carbonyl (C=O) groups is 1. The molecule has 1 rings (SSSR count). The van der Waals surface area contributed by atoms with Gasteiger partial charge in [-0.3, -0.25) is 0 Å². The molecule has 1 saturated carbocycles. The topological polar surface area (TPSA) is 64.3 Å². The van der Waals surface area contributed by atoms with Crippen LogP contribution in [0.1, 0.15) is 46.5 Å². The SMILES string of the molecule is CC(C)(C)OC(=O)NC[C@H]1CCCC[C@@H]1N. The number of nitrogens with one attached hydrogen (secondary N) is 1. The molecule has 0 heterocycles. The Bertz CT molecular complexity index is 236. The van der Waals surface area contributed by atoms with Crippen LogP contribution in [0.2, 0.25) is 0 Å². The highest BCUT2D eigenvalue weighted by Crippen LogP contribution is 2.22. The number of amides is 1. The van der Waals surface area contributed by atoms with E-state index in [2.05, 4.69) is 5.32 Å². The molecule has 1 aliphatic rings. The molecule has 0 saturated heterocycles. The molecule has 94 valence electrons. The maximum Gasteiger partial charge on any atom is 0.407 e. The molecule has 0 spiro atoms. The lowest BCUT2D eigenvalue weighted by Crippen LogP contribution is -2.42. The smallest absolute Gasteiger partial charge is 0.407 e. The van der Waals surface area contributed by atoms with Crippen molar-refractivity contribution in [2.75, 3.05) is 6.54 Å². The third kappa shape index (κ3) is 4.84. The van der Waals surface area contributed by atoms with E-state index in [1.165, 1.54) is 12.8 Å². The lowest BCUT2D eigenvalue weighted by atomic mass is 9.85. The summed E-state index contributed by atoms with van der Waals surface area (Å²) >= 11 is 0. The largest absolute Gasteiger partial charge is 0.444 e. The first-order valence-corrected chi connectivity index (χ1v) is 6.11. The van der Waals surface area contributed by atoms with Gasteiger partial charge in [-0.05, 0) is 39.5 Å². The van der Waals surface area contributed by atoms with Gasteiger partial charge < -0.3 is 15.8 Å². The third-order valence-corrected chi connectivity index (χ3v) is 2.88. The van der Waals surface area contributed by atoms with Crippen molar-refractivity contribution in [1.82, 2.24) is 5.32 Å². The zero-order valence-corrected chi connectivity index (χ0v) is 10.6. The van der Waals surface area contributed by atoms with Gasteiger partial charge in [0.2, 0.25) is 0 Å². The molecule has 1 amide bonds. The second-order valence-electron chi connectivity index (χ2n) is 5.59. The molecule has 16 heavy (non-hydrogen) atoms. The maximum absolute atomic E-state index is 11.4. The van der Waals surface area contributed by atoms with Crippen molar-refractivity contribution in [2.24, 2.45) is 11.7 Å². The Morgan fingerprint density at radius 1 is 1.38 bits per heavy atom. The predicted octanol–water partition coefficient (Wildman–Crippen LogP) is 2.03. The summed E-state index contributed by atoms with van der Waals surface area (Å²) in [7, 11) is 0. The van der Waals surface area contributed by atoms with Crippen molar-refractivity contribution in [2.45, 2.75) is 58.1 Å². The Morgan fingerprint density at radius 2 is 2.00 bits per heavy atom. The molecule has 0 unspecified atom stereocenters. The van der Waals surface area contributed by atoms with Gasteiger partial charge in [0.1, 0.15) is 5.60 Å². The predicted molar refractivity (Wildman–Crippen MR) is 64.2 cm³/mol. The van der Waals surface area contributed by atoms with E-state index in [4.69, 9.17) is 10.5 Å². The zero-order chi connectivity index (χ0) is 12.2. The minimum Gasteiger partial charge on any atom is -0.444 e. The molecule has 0 aliphatic heterocycles. The molecule has 0 aromatic carbocycles. The zero-order valence-electron chi connectivity index (χ0n) is 10.6. The van der Waals surface area contributed by atoms with E-state index in [0.717, 1.165) is 12.8 Å². The summed E-state index contributed by atoms with van der Waals surface area (Å²) in [4.78, 5) is 11.4. The summed E-state index contributed by atoms with van der Waals surface area (Å²) in [5.74, 6) is 0.404. The van der Waals surface area contributed by atoms with E-state index in [9.17, 15) is 4.79 Å². The lowest BCUT2D eigenvalue weighted by molar-refractivity contribution is 0.0513. The second-order valence-corrected chi connectivity index (χ2v) is 5.59. The number of ether oxygens (including phenoxy) is 1.